The molecule has 3 heteroatoms. The van der Waals surface area contributed by atoms with Crippen molar-refractivity contribution in [2.45, 2.75) is 13.3 Å². The number of allylic oxidation sites excluding steroid dienone is 1. The summed E-state index contributed by atoms with van der Waals surface area (Å²) in [4.78, 5) is 0. The molecule has 0 nitrogen and oxygen atoms in total. The molecule has 0 spiro atoms. The van der Waals surface area contributed by atoms with E-state index in [0.717, 1.165) is 6.42 Å². The summed E-state index contributed by atoms with van der Waals surface area (Å²) in [6, 6.07) is 28.1. The second kappa shape index (κ2) is 14.3. The van der Waals surface area contributed by atoms with Gasteiger partial charge in [-0.25, -0.2) is 12.1 Å². The minimum absolute atomic E-state index is 0. The van der Waals surface area contributed by atoms with Crippen molar-refractivity contribution in [2.24, 2.45) is 0 Å². The zero-order valence-corrected chi connectivity index (χ0v) is 17.6. The van der Waals surface area contributed by atoms with E-state index in [2.05, 4.69) is 55.1 Å². The molecule has 0 saturated heterocycles. The maximum absolute atomic E-state index is 3.30. The van der Waals surface area contributed by atoms with Crippen molar-refractivity contribution in [1.29, 1.82) is 0 Å². The Hall–Kier alpha value is -1.01. The van der Waals surface area contributed by atoms with Gasteiger partial charge in [0.05, 0.1) is 0 Å². The summed E-state index contributed by atoms with van der Waals surface area (Å²) in [5, 5.41) is 0. The van der Waals surface area contributed by atoms with Crippen LogP contribution in [-0.4, -0.2) is 0 Å². The van der Waals surface area contributed by atoms with Gasteiger partial charge in [0.1, 0.15) is 0 Å². The van der Waals surface area contributed by atoms with Crippen molar-refractivity contribution in [3.63, 3.8) is 0 Å². The molecule has 0 aliphatic heterocycles. The second-order valence-corrected chi connectivity index (χ2v) is 4.71. The Morgan fingerprint density at radius 3 is 2.12 bits per heavy atom. The SMILES string of the molecule is C=[C-]C.[Cl-].[Cl-].[Zr+2].[c-]1cccc2c1Cc1ccccc1-2.c1cc[cH-]c1. The molecule has 3 aromatic rings. The normalized spacial score (nSPS) is 8.88. The third-order valence-corrected chi connectivity index (χ3v) is 3.17. The summed E-state index contributed by atoms with van der Waals surface area (Å²) >= 11 is 0. The van der Waals surface area contributed by atoms with E-state index in [1.54, 1.807) is 6.92 Å². The van der Waals surface area contributed by atoms with Crippen LogP contribution in [0, 0.1) is 12.1 Å². The molecule has 0 radical (unpaired) electrons. The van der Waals surface area contributed by atoms with E-state index in [4.69, 9.17) is 0 Å². The molecule has 0 amide bonds. The number of rotatable bonds is 0. The molecule has 0 aromatic heterocycles. The Labute approximate surface area is 177 Å². The molecule has 24 heavy (non-hydrogen) atoms. The predicted molar refractivity (Wildman–Crippen MR) is 90.1 cm³/mol. The van der Waals surface area contributed by atoms with Crippen LogP contribution in [0.1, 0.15) is 18.1 Å². The summed E-state index contributed by atoms with van der Waals surface area (Å²) < 4.78 is 0. The summed E-state index contributed by atoms with van der Waals surface area (Å²) in [6.45, 7) is 5.00. The number of hydrogen-bond donors (Lipinski definition) is 0. The van der Waals surface area contributed by atoms with Crippen LogP contribution in [0.15, 0.2) is 79.4 Å². The van der Waals surface area contributed by atoms with Crippen LogP contribution in [0.4, 0.5) is 0 Å². The maximum Gasteiger partial charge on any atom is 2.00 e. The van der Waals surface area contributed by atoms with Crippen molar-refractivity contribution in [2.75, 3.05) is 0 Å². The largest absolute Gasteiger partial charge is 2.00 e. The molecule has 3 aromatic carbocycles. The molecular weight excluding hydrogens is 414 g/mol. The molecule has 4 rings (SSSR count). The first-order valence-electron chi connectivity index (χ1n) is 7.05. The van der Waals surface area contributed by atoms with Gasteiger partial charge in [-0.1, -0.05) is 35.4 Å². The third-order valence-electron chi connectivity index (χ3n) is 3.17. The van der Waals surface area contributed by atoms with E-state index < -0.39 is 0 Å². The van der Waals surface area contributed by atoms with Gasteiger partial charge in [-0.2, -0.15) is 55.0 Å². The minimum atomic E-state index is 0. The molecule has 0 atom stereocenters. The molecule has 0 saturated carbocycles. The van der Waals surface area contributed by atoms with Crippen molar-refractivity contribution in [3.05, 3.63) is 103 Å². The van der Waals surface area contributed by atoms with Gasteiger partial charge in [0.15, 0.2) is 0 Å². The zero-order valence-electron chi connectivity index (χ0n) is 13.6. The monoisotopic (exact) mass is 431 g/mol. The van der Waals surface area contributed by atoms with Gasteiger partial charge in [0.2, 0.25) is 0 Å². The molecule has 0 unspecified atom stereocenters. The number of halogens is 2. The number of fused-ring (bicyclic) bond motifs is 3. The maximum atomic E-state index is 3.30. The predicted octanol–water partition coefficient (Wildman–Crippen LogP) is -0.536. The standard InChI is InChI=1S/C13H9.C5H5.C3H5.2ClH.Zr/c1-3-7-12-10(5-1)9-11-6-2-4-8-13(11)12;1-2-4-5-3-1;1-3-2;;;/h1-5,7-8H,9H2;1-5H;1H2,2H3;2*1H;/q3*-1;;;+2/p-2. The Balaban J connectivity index is 0. The Morgan fingerprint density at radius 1 is 0.958 bits per heavy atom. The molecule has 1 aliphatic rings. The zero-order chi connectivity index (χ0) is 14.9. The van der Waals surface area contributed by atoms with E-state index in [-0.39, 0.29) is 51.0 Å². The van der Waals surface area contributed by atoms with Crippen LogP contribution in [0.25, 0.3) is 11.1 Å². The van der Waals surface area contributed by atoms with Crippen molar-refractivity contribution in [3.8, 4) is 11.1 Å². The quantitative estimate of drug-likeness (QED) is 0.327. The van der Waals surface area contributed by atoms with Crippen LogP contribution in [0.5, 0.6) is 0 Å². The summed E-state index contributed by atoms with van der Waals surface area (Å²) in [7, 11) is 0. The summed E-state index contributed by atoms with van der Waals surface area (Å²) in [5.41, 5.74) is 5.51. The van der Waals surface area contributed by atoms with Crippen molar-refractivity contribution < 1.29 is 51.0 Å². The van der Waals surface area contributed by atoms with Crippen LogP contribution in [0.3, 0.4) is 0 Å². The van der Waals surface area contributed by atoms with Gasteiger partial charge in [-0.15, -0.1) is 5.56 Å². The van der Waals surface area contributed by atoms with E-state index >= 15 is 0 Å². The Morgan fingerprint density at radius 2 is 1.54 bits per heavy atom. The Kier molecular flexibility index (Phi) is 15.1. The molecular formula is C21H19Cl2Zr-3. The molecule has 0 heterocycles. The van der Waals surface area contributed by atoms with Crippen molar-refractivity contribution in [1.82, 2.24) is 0 Å². The fourth-order valence-corrected chi connectivity index (χ4v) is 2.32. The fraction of sp³-hybridized carbons (Fsp3) is 0.0952. The summed E-state index contributed by atoms with van der Waals surface area (Å²) in [5.74, 6) is 0. The average molecular weight is 434 g/mol. The molecule has 124 valence electrons. The first-order chi connectivity index (χ1) is 10.4. The molecule has 0 bridgehead atoms. The van der Waals surface area contributed by atoms with Crippen molar-refractivity contribution >= 4 is 0 Å². The second-order valence-electron chi connectivity index (χ2n) is 4.71. The van der Waals surface area contributed by atoms with Gasteiger partial charge >= 0.3 is 26.2 Å². The van der Waals surface area contributed by atoms with E-state index in [1.807, 2.05) is 36.4 Å². The van der Waals surface area contributed by atoms with Crippen LogP contribution < -0.4 is 24.8 Å². The smallest absolute Gasteiger partial charge is 1.00 e. The molecule has 1 aliphatic carbocycles. The van der Waals surface area contributed by atoms with E-state index in [9.17, 15) is 0 Å². The Bertz CT molecular complexity index is 615. The summed E-state index contributed by atoms with van der Waals surface area (Å²) in [6.07, 6.45) is 3.55. The first-order valence-corrected chi connectivity index (χ1v) is 7.05. The van der Waals surface area contributed by atoms with Gasteiger partial charge in [0, 0.05) is 0 Å². The fourth-order valence-electron chi connectivity index (χ4n) is 2.32. The van der Waals surface area contributed by atoms with Gasteiger partial charge in [-0.05, 0) is 6.42 Å². The molecule has 0 N–H and O–H groups in total. The van der Waals surface area contributed by atoms with Crippen LogP contribution in [0.2, 0.25) is 0 Å². The van der Waals surface area contributed by atoms with E-state index in [1.165, 1.54) is 22.3 Å². The topological polar surface area (TPSA) is 0 Å². The van der Waals surface area contributed by atoms with Gasteiger partial charge in [0.25, 0.3) is 0 Å². The molecule has 0 fully saturated rings. The number of benzene rings is 2. The number of hydrogen-bond acceptors (Lipinski definition) is 0. The van der Waals surface area contributed by atoms with Gasteiger partial charge < -0.3 is 30.9 Å². The van der Waals surface area contributed by atoms with Crippen LogP contribution >= 0.6 is 0 Å². The first kappa shape index (κ1) is 25.2. The van der Waals surface area contributed by atoms with E-state index in [0.29, 0.717) is 0 Å². The van der Waals surface area contributed by atoms with Crippen LogP contribution in [-0.2, 0) is 32.6 Å². The van der Waals surface area contributed by atoms with Gasteiger partial charge in [-0.3, -0.25) is 6.58 Å². The minimum Gasteiger partial charge on any atom is -1.00 e. The average Bonchev–Trinajstić information content (AvgIpc) is 3.19. The third kappa shape index (κ3) is 7.26.